The van der Waals surface area contributed by atoms with E-state index in [4.69, 9.17) is 17.3 Å². The first-order chi connectivity index (χ1) is 15.9. The zero-order valence-corrected chi connectivity index (χ0v) is 18.7. The van der Waals surface area contributed by atoms with Crippen LogP contribution in [0.1, 0.15) is 40.9 Å². The molecule has 4 aromatic rings. The number of rotatable bonds is 7. The molecule has 7 nitrogen and oxygen atoms in total. The van der Waals surface area contributed by atoms with Crippen LogP contribution in [0.3, 0.4) is 0 Å². The molecule has 0 aliphatic heterocycles. The molecule has 4 rings (SSSR count). The SMILES string of the molecule is CCc1cc(F)c(-c2ccn3nc(N)nc3c2)cc1C(=O)NCC[C@H](O)c1ccc(Cl)cc1. The lowest BCUT2D eigenvalue weighted by atomic mass is 9.97. The van der Waals surface area contributed by atoms with E-state index in [0.29, 0.717) is 40.2 Å². The van der Waals surface area contributed by atoms with E-state index in [0.717, 1.165) is 5.56 Å². The van der Waals surface area contributed by atoms with Crippen LogP contribution >= 0.6 is 11.6 Å². The Morgan fingerprint density at radius 1 is 1.24 bits per heavy atom. The van der Waals surface area contributed by atoms with Crippen LogP contribution in [0, 0.1) is 5.82 Å². The highest BCUT2D eigenvalue weighted by molar-refractivity contribution is 6.30. The lowest BCUT2D eigenvalue weighted by Gasteiger charge is -2.14. The molecule has 0 aliphatic carbocycles. The van der Waals surface area contributed by atoms with E-state index in [2.05, 4.69) is 15.4 Å². The fraction of sp³-hybridized carbons (Fsp3) is 0.208. The molecule has 170 valence electrons. The van der Waals surface area contributed by atoms with Crippen molar-refractivity contribution in [3.8, 4) is 11.1 Å². The van der Waals surface area contributed by atoms with Gasteiger partial charge in [-0.15, -0.1) is 5.10 Å². The summed E-state index contributed by atoms with van der Waals surface area (Å²) >= 11 is 5.88. The average molecular weight is 468 g/mol. The minimum atomic E-state index is -0.737. The number of nitrogens with two attached hydrogens (primary N) is 1. The van der Waals surface area contributed by atoms with Crippen LogP contribution in [0.2, 0.25) is 5.02 Å². The Morgan fingerprint density at radius 3 is 2.73 bits per heavy atom. The molecule has 1 atom stereocenters. The van der Waals surface area contributed by atoms with Crippen molar-refractivity contribution in [2.45, 2.75) is 25.9 Å². The van der Waals surface area contributed by atoms with Gasteiger partial charge in [-0.25, -0.2) is 8.91 Å². The summed E-state index contributed by atoms with van der Waals surface area (Å²) in [5, 5.41) is 17.8. The predicted molar refractivity (Wildman–Crippen MR) is 126 cm³/mol. The highest BCUT2D eigenvalue weighted by atomic mass is 35.5. The molecule has 2 heterocycles. The monoisotopic (exact) mass is 467 g/mol. The number of carbonyl (C=O) groups excluding carboxylic acids is 1. The Hall–Kier alpha value is -3.49. The van der Waals surface area contributed by atoms with Crippen LogP contribution in [-0.4, -0.2) is 32.2 Å². The van der Waals surface area contributed by atoms with E-state index in [1.165, 1.54) is 10.6 Å². The Labute approximate surface area is 195 Å². The van der Waals surface area contributed by atoms with Crippen molar-refractivity contribution in [3.63, 3.8) is 0 Å². The fourth-order valence-electron chi connectivity index (χ4n) is 3.68. The Morgan fingerprint density at radius 2 is 2.00 bits per heavy atom. The second-order valence-electron chi connectivity index (χ2n) is 7.64. The first-order valence-corrected chi connectivity index (χ1v) is 10.9. The third kappa shape index (κ3) is 4.97. The maximum absolute atomic E-state index is 14.9. The number of hydrogen-bond donors (Lipinski definition) is 3. The molecule has 0 saturated carbocycles. The molecule has 0 aliphatic rings. The van der Waals surface area contributed by atoms with Crippen molar-refractivity contribution in [2.24, 2.45) is 0 Å². The third-order valence-corrected chi connectivity index (χ3v) is 5.69. The summed E-state index contributed by atoms with van der Waals surface area (Å²) in [4.78, 5) is 17.0. The number of aliphatic hydroxyl groups excluding tert-OH is 1. The van der Waals surface area contributed by atoms with E-state index < -0.39 is 11.9 Å². The van der Waals surface area contributed by atoms with Crippen molar-refractivity contribution in [1.82, 2.24) is 19.9 Å². The molecule has 4 N–H and O–H groups in total. The number of aromatic nitrogens is 3. The van der Waals surface area contributed by atoms with Crippen LogP contribution in [0.4, 0.5) is 10.3 Å². The molecular formula is C24H23ClFN5O2. The van der Waals surface area contributed by atoms with Gasteiger partial charge in [0.05, 0.1) is 6.10 Å². The van der Waals surface area contributed by atoms with Gasteiger partial charge in [-0.1, -0.05) is 30.7 Å². The van der Waals surface area contributed by atoms with Crippen molar-refractivity contribution < 1.29 is 14.3 Å². The quantitative estimate of drug-likeness (QED) is 0.378. The Kier molecular flexibility index (Phi) is 6.57. The normalized spacial score (nSPS) is 12.1. The first-order valence-electron chi connectivity index (χ1n) is 10.5. The lowest BCUT2D eigenvalue weighted by Crippen LogP contribution is -2.26. The van der Waals surface area contributed by atoms with Crippen molar-refractivity contribution in [2.75, 3.05) is 12.3 Å². The highest BCUT2D eigenvalue weighted by Crippen LogP contribution is 2.28. The number of pyridine rings is 1. The number of nitrogens with zero attached hydrogens (tertiary/aromatic N) is 3. The van der Waals surface area contributed by atoms with Crippen molar-refractivity contribution >= 4 is 29.1 Å². The fourth-order valence-corrected chi connectivity index (χ4v) is 3.80. The van der Waals surface area contributed by atoms with Gasteiger partial charge < -0.3 is 16.2 Å². The standard InChI is InChI=1S/C24H23ClFN5O2/c1-2-14-11-20(26)18(16-8-10-31-22(12-16)29-24(27)30-31)13-19(14)23(33)28-9-7-21(32)15-3-5-17(25)6-4-15/h3-6,8,10-13,21,32H,2,7,9H2,1H3,(H2,27,30)(H,28,33)/t21-/m0/s1. The van der Waals surface area contributed by atoms with Gasteiger partial charge in [0, 0.05) is 28.9 Å². The average Bonchev–Trinajstić information content (AvgIpc) is 3.18. The molecule has 0 bridgehead atoms. The maximum atomic E-state index is 14.9. The predicted octanol–water partition coefficient (Wildman–Crippen LogP) is 4.19. The molecule has 0 spiro atoms. The number of benzene rings is 2. The molecule has 2 aromatic carbocycles. The van der Waals surface area contributed by atoms with Gasteiger partial charge in [0.15, 0.2) is 5.65 Å². The summed E-state index contributed by atoms with van der Waals surface area (Å²) in [6, 6.07) is 13.2. The summed E-state index contributed by atoms with van der Waals surface area (Å²) in [7, 11) is 0. The maximum Gasteiger partial charge on any atom is 0.251 e. The smallest absolute Gasteiger partial charge is 0.251 e. The number of fused-ring (bicyclic) bond motifs is 1. The van der Waals surface area contributed by atoms with Crippen LogP contribution in [0.5, 0.6) is 0 Å². The van der Waals surface area contributed by atoms with Crippen LogP contribution in [0.15, 0.2) is 54.7 Å². The highest BCUT2D eigenvalue weighted by Gasteiger charge is 2.17. The van der Waals surface area contributed by atoms with Gasteiger partial charge in [0.1, 0.15) is 5.82 Å². The molecule has 2 aromatic heterocycles. The molecule has 0 radical (unpaired) electrons. The van der Waals surface area contributed by atoms with Gasteiger partial charge in [-0.05, 0) is 65.9 Å². The molecule has 0 fully saturated rings. The van der Waals surface area contributed by atoms with Crippen molar-refractivity contribution in [1.29, 1.82) is 0 Å². The molecule has 0 unspecified atom stereocenters. The lowest BCUT2D eigenvalue weighted by molar-refractivity contribution is 0.0941. The first kappa shape index (κ1) is 22.7. The Balaban J connectivity index is 1.53. The zero-order chi connectivity index (χ0) is 23.5. The van der Waals surface area contributed by atoms with E-state index in [9.17, 15) is 14.3 Å². The third-order valence-electron chi connectivity index (χ3n) is 5.44. The van der Waals surface area contributed by atoms with E-state index in [1.807, 2.05) is 6.92 Å². The summed E-state index contributed by atoms with van der Waals surface area (Å²) in [5.74, 6) is -0.641. The largest absolute Gasteiger partial charge is 0.388 e. The summed E-state index contributed by atoms with van der Waals surface area (Å²) in [5.41, 5.74) is 8.65. The number of halogens is 2. The van der Waals surface area contributed by atoms with Crippen LogP contribution in [0.25, 0.3) is 16.8 Å². The number of anilines is 1. The zero-order valence-electron chi connectivity index (χ0n) is 17.9. The molecule has 1 amide bonds. The van der Waals surface area contributed by atoms with Gasteiger partial charge in [0.25, 0.3) is 5.91 Å². The minimum absolute atomic E-state index is 0.120. The number of hydrogen-bond acceptors (Lipinski definition) is 5. The summed E-state index contributed by atoms with van der Waals surface area (Å²) in [6.07, 6.45) is 1.72. The van der Waals surface area contributed by atoms with Gasteiger partial charge in [-0.2, -0.15) is 4.98 Å². The number of carbonyl (C=O) groups is 1. The summed E-state index contributed by atoms with van der Waals surface area (Å²) in [6.45, 7) is 2.12. The van der Waals surface area contributed by atoms with Gasteiger partial charge in [-0.3, -0.25) is 4.79 Å². The molecule has 0 saturated heterocycles. The van der Waals surface area contributed by atoms with E-state index in [1.54, 1.807) is 48.7 Å². The van der Waals surface area contributed by atoms with Gasteiger partial charge in [0.2, 0.25) is 5.95 Å². The van der Waals surface area contributed by atoms with Crippen LogP contribution < -0.4 is 11.1 Å². The second kappa shape index (κ2) is 9.56. The second-order valence-corrected chi connectivity index (χ2v) is 8.08. The number of aliphatic hydroxyl groups is 1. The number of nitrogen functional groups attached to an aromatic ring is 1. The molecular weight excluding hydrogens is 445 g/mol. The van der Waals surface area contributed by atoms with Gasteiger partial charge >= 0.3 is 0 Å². The number of aryl methyl sites for hydroxylation is 1. The number of amides is 1. The Bertz CT molecular complexity index is 1310. The summed E-state index contributed by atoms with van der Waals surface area (Å²) < 4.78 is 16.4. The van der Waals surface area contributed by atoms with Crippen molar-refractivity contribution in [3.05, 3.63) is 82.3 Å². The minimum Gasteiger partial charge on any atom is -0.388 e. The van der Waals surface area contributed by atoms with E-state index >= 15 is 0 Å². The van der Waals surface area contributed by atoms with Crippen LogP contribution in [-0.2, 0) is 6.42 Å². The molecule has 33 heavy (non-hydrogen) atoms. The number of nitrogens with one attached hydrogen (secondary N) is 1. The van der Waals surface area contributed by atoms with E-state index in [-0.39, 0.29) is 24.0 Å². The topological polar surface area (TPSA) is 106 Å². The molecule has 9 heteroatoms.